The lowest BCUT2D eigenvalue weighted by Gasteiger charge is -2.11. The van der Waals surface area contributed by atoms with Crippen LogP contribution in [-0.4, -0.2) is 29.4 Å². The van der Waals surface area contributed by atoms with E-state index in [9.17, 15) is 9.59 Å². The molecular weight excluding hydrogens is 242 g/mol. The number of carbonyl (C=O) groups excluding carboxylic acids is 2. The Labute approximate surface area is 113 Å². The third kappa shape index (κ3) is 4.54. The molecule has 5 heteroatoms. The number of amides is 2. The van der Waals surface area contributed by atoms with Crippen molar-refractivity contribution >= 4 is 11.8 Å². The summed E-state index contributed by atoms with van der Waals surface area (Å²) in [5, 5.41) is 5.47. The van der Waals surface area contributed by atoms with Gasteiger partial charge >= 0.3 is 0 Å². The molecule has 1 rings (SSSR count). The van der Waals surface area contributed by atoms with Crippen molar-refractivity contribution in [3.63, 3.8) is 0 Å². The van der Waals surface area contributed by atoms with E-state index in [-0.39, 0.29) is 17.9 Å². The van der Waals surface area contributed by atoms with Gasteiger partial charge < -0.3 is 10.6 Å². The first-order valence-electron chi connectivity index (χ1n) is 6.23. The summed E-state index contributed by atoms with van der Waals surface area (Å²) in [5.41, 5.74) is 0.741. The summed E-state index contributed by atoms with van der Waals surface area (Å²) in [4.78, 5) is 27.6. The predicted octanol–water partition coefficient (Wildman–Crippen LogP) is 1.53. The van der Waals surface area contributed by atoms with Crippen molar-refractivity contribution in [3.05, 3.63) is 42.2 Å². The average molecular weight is 261 g/mol. The molecule has 0 radical (unpaired) electrons. The van der Waals surface area contributed by atoms with E-state index in [0.717, 1.165) is 6.42 Å². The Morgan fingerprint density at radius 2 is 2.00 bits per heavy atom. The smallest absolute Gasteiger partial charge is 0.253 e. The highest BCUT2D eigenvalue weighted by molar-refractivity contribution is 5.99. The van der Waals surface area contributed by atoms with Crippen molar-refractivity contribution in [2.24, 2.45) is 0 Å². The van der Waals surface area contributed by atoms with Crippen LogP contribution in [-0.2, 0) is 0 Å². The number of nitrogens with zero attached hydrogens (tertiary/aromatic N) is 1. The molecule has 1 aromatic rings. The molecule has 1 heterocycles. The Bertz CT molecular complexity index is 472. The average Bonchev–Trinajstić information content (AvgIpc) is 2.44. The first-order chi connectivity index (χ1) is 9.08. The molecule has 0 aromatic carbocycles. The third-order valence-corrected chi connectivity index (χ3v) is 2.66. The van der Waals surface area contributed by atoms with Gasteiger partial charge in [0.05, 0.1) is 11.1 Å². The molecule has 0 bridgehead atoms. The second-order valence-electron chi connectivity index (χ2n) is 4.24. The number of nitrogens with one attached hydrogen (secondary N) is 2. The minimum Gasteiger partial charge on any atom is -0.350 e. The molecule has 0 saturated heterocycles. The van der Waals surface area contributed by atoms with Gasteiger partial charge in [-0.3, -0.25) is 14.6 Å². The van der Waals surface area contributed by atoms with Crippen molar-refractivity contribution in [1.82, 2.24) is 15.6 Å². The molecule has 0 aliphatic rings. The Morgan fingerprint density at radius 3 is 2.58 bits per heavy atom. The lowest BCUT2D eigenvalue weighted by Crippen LogP contribution is -2.32. The van der Waals surface area contributed by atoms with E-state index in [4.69, 9.17) is 0 Å². The molecule has 0 aliphatic heterocycles. The van der Waals surface area contributed by atoms with E-state index >= 15 is 0 Å². The number of hydrogen-bond acceptors (Lipinski definition) is 3. The summed E-state index contributed by atoms with van der Waals surface area (Å²) in [6.45, 7) is 7.81. The van der Waals surface area contributed by atoms with Gasteiger partial charge in [0.2, 0.25) is 0 Å². The van der Waals surface area contributed by atoms with Gasteiger partial charge in [0.15, 0.2) is 0 Å². The van der Waals surface area contributed by atoms with Gasteiger partial charge in [0.1, 0.15) is 0 Å². The van der Waals surface area contributed by atoms with E-state index < -0.39 is 0 Å². The topological polar surface area (TPSA) is 71.1 Å². The Kier molecular flexibility index (Phi) is 5.73. The van der Waals surface area contributed by atoms with Crippen LogP contribution >= 0.6 is 0 Å². The maximum absolute atomic E-state index is 11.9. The van der Waals surface area contributed by atoms with E-state index in [2.05, 4.69) is 22.2 Å². The monoisotopic (exact) mass is 261 g/mol. The van der Waals surface area contributed by atoms with Crippen molar-refractivity contribution in [2.45, 2.75) is 26.3 Å². The molecule has 19 heavy (non-hydrogen) atoms. The van der Waals surface area contributed by atoms with Gasteiger partial charge in [-0.15, -0.1) is 6.58 Å². The van der Waals surface area contributed by atoms with Crippen molar-refractivity contribution < 1.29 is 9.59 Å². The van der Waals surface area contributed by atoms with Crippen LogP contribution in [0.3, 0.4) is 0 Å². The van der Waals surface area contributed by atoms with E-state index in [0.29, 0.717) is 17.7 Å². The standard InChI is InChI=1S/C14H19N3O2/c1-4-6-16-13(18)11-7-12(9-15-8-11)14(19)17-10(3)5-2/h4,7-10H,1,5-6H2,2-3H3,(H,16,18)(H,17,19). The number of rotatable bonds is 6. The van der Waals surface area contributed by atoms with Crippen LogP contribution in [0.1, 0.15) is 41.0 Å². The van der Waals surface area contributed by atoms with Crippen LogP contribution in [0, 0.1) is 0 Å². The number of carbonyl (C=O) groups is 2. The van der Waals surface area contributed by atoms with Crippen LogP contribution in [0.5, 0.6) is 0 Å². The number of hydrogen-bond donors (Lipinski definition) is 2. The molecule has 0 fully saturated rings. The first kappa shape index (κ1) is 14.9. The van der Waals surface area contributed by atoms with Gasteiger partial charge in [0, 0.05) is 25.0 Å². The highest BCUT2D eigenvalue weighted by Gasteiger charge is 2.12. The second kappa shape index (κ2) is 7.31. The van der Waals surface area contributed by atoms with Crippen LogP contribution in [0.4, 0.5) is 0 Å². The van der Waals surface area contributed by atoms with E-state index in [1.54, 1.807) is 6.08 Å². The van der Waals surface area contributed by atoms with E-state index in [1.807, 2.05) is 13.8 Å². The quantitative estimate of drug-likeness (QED) is 0.763. The van der Waals surface area contributed by atoms with Gasteiger partial charge in [-0.25, -0.2) is 0 Å². The third-order valence-electron chi connectivity index (χ3n) is 2.66. The summed E-state index contributed by atoms with van der Waals surface area (Å²) in [7, 11) is 0. The van der Waals surface area contributed by atoms with Gasteiger partial charge in [0.25, 0.3) is 11.8 Å². The lowest BCUT2D eigenvalue weighted by atomic mass is 10.1. The summed E-state index contributed by atoms with van der Waals surface area (Å²) in [6.07, 6.45) is 5.31. The van der Waals surface area contributed by atoms with Crippen LogP contribution in [0.15, 0.2) is 31.1 Å². The van der Waals surface area contributed by atoms with Gasteiger partial charge in [-0.05, 0) is 19.4 Å². The van der Waals surface area contributed by atoms with Crippen LogP contribution < -0.4 is 10.6 Å². The van der Waals surface area contributed by atoms with Crippen LogP contribution in [0.25, 0.3) is 0 Å². The molecule has 0 saturated carbocycles. The minimum atomic E-state index is -0.273. The molecule has 5 nitrogen and oxygen atoms in total. The normalized spacial score (nSPS) is 11.5. The molecule has 0 spiro atoms. The largest absolute Gasteiger partial charge is 0.350 e. The fraction of sp³-hybridized carbons (Fsp3) is 0.357. The second-order valence-corrected chi connectivity index (χ2v) is 4.24. The predicted molar refractivity (Wildman–Crippen MR) is 74.0 cm³/mol. The zero-order valence-electron chi connectivity index (χ0n) is 11.3. The van der Waals surface area contributed by atoms with Gasteiger partial charge in [-0.2, -0.15) is 0 Å². The van der Waals surface area contributed by atoms with Crippen molar-refractivity contribution in [3.8, 4) is 0 Å². The SMILES string of the molecule is C=CCNC(=O)c1cncc(C(=O)NC(C)CC)c1. The highest BCUT2D eigenvalue weighted by atomic mass is 16.2. The maximum Gasteiger partial charge on any atom is 0.253 e. The van der Waals surface area contributed by atoms with Crippen molar-refractivity contribution in [2.75, 3.05) is 6.54 Å². The lowest BCUT2D eigenvalue weighted by molar-refractivity contribution is 0.0939. The molecule has 102 valence electrons. The summed E-state index contributed by atoms with van der Waals surface area (Å²) < 4.78 is 0. The minimum absolute atomic E-state index is 0.0887. The fourth-order valence-electron chi connectivity index (χ4n) is 1.36. The number of pyridine rings is 1. The molecular formula is C14H19N3O2. The molecule has 1 unspecified atom stereocenters. The number of aromatic nitrogens is 1. The Morgan fingerprint density at radius 1 is 1.37 bits per heavy atom. The zero-order valence-corrected chi connectivity index (χ0v) is 11.3. The van der Waals surface area contributed by atoms with E-state index in [1.165, 1.54) is 18.5 Å². The summed E-state index contributed by atoms with van der Waals surface area (Å²) in [6, 6.07) is 1.62. The first-order valence-corrected chi connectivity index (χ1v) is 6.23. The van der Waals surface area contributed by atoms with Gasteiger partial charge in [-0.1, -0.05) is 13.0 Å². The highest BCUT2D eigenvalue weighted by Crippen LogP contribution is 2.04. The summed E-state index contributed by atoms with van der Waals surface area (Å²) in [5.74, 6) is -0.495. The van der Waals surface area contributed by atoms with Crippen LogP contribution in [0.2, 0.25) is 0 Å². The zero-order chi connectivity index (χ0) is 14.3. The molecule has 2 N–H and O–H groups in total. The molecule has 1 aromatic heterocycles. The fourth-order valence-corrected chi connectivity index (χ4v) is 1.36. The Balaban J connectivity index is 2.79. The molecule has 2 amide bonds. The molecule has 0 aliphatic carbocycles. The molecule has 1 atom stereocenters. The summed E-state index contributed by atoms with van der Waals surface area (Å²) >= 11 is 0. The van der Waals surface area contributed by atoms with Crippen molar-refractivity contribution in [1.29, 1.82) is 0 Å². The Hall–Kier alpha value is -2.17. The maximum atomic E-state index is 11.9.